The molecule has 0 aliphatic carbocycles. The van der Waals surface area contributed by atoms with Crippen LogP contribution in [0.1, 0.15) is 39.0 Å². The molecule has 4 atom stereocenters. The van der Waals surface area contributed by atoms with E-state index < -0.39 is 36.1 Å². The Bertz CT molecular complexity index is 976. The van der Waals surface area contributed by atoms with Crippen molar-refractivity contribution in [1.82, 2.24) is 10.2 Å². The Morgan fingerprint density at radius 2 is 2.11 bits per heavy atom. The lowest BCUT2D eigenvalue weighted by Gasteiger charge is -2.49. The summed E-state index contributed by atoms with van der Waals surface area (Å²) in [5, 5.41) is 4.21. The van der Waals surface area contributed by atoms with Crippen LogP contribution in [0.5, 0.6) is 0 Å². The molecule has 3 aliphatic heterocycles. The molecule has 3 rings (SSSR count). The standard InChI is InChI=1S/C24H31N3O6S2/c1-4-6-7-8-19(29)32-14-33-24(31)21-16(5-2)13-34-23-20(22(30)27(21)23)26-18(28)12-15-9-10-35(3)17(25)11-15/h5,9-11,17,20,23H,2,4,6-8,12-14,25H2,1,3H3/p+1/t17?,20?,23-,35?/m1/s1. The molecule has 3 unspecified atom stereocenters. The van der Waals surface area contributed by atoms with Crippen LogP contribution in [0.25, 0.3) is 0 Å². The van der Waals surface area contributed by atoms with Gasteiger partial charge >= 0.3 is 11.9 Å². The fraction of sp³-hybridized carbons (Fsp3) is 0.500. The van der Waals surface area contributed by atoms with Crippen LogP contribution in [0.3, 0.4) is 0 Å². The summed E-state index contributed by atoms with van der Waals surface area (Å²) in [6, 6.07) is -0.749. The number of unbranched alkanes of at least 4 members (excludes halogenated alkanes) is 2. The second kappa shape index (κ2) is 12.5. The molecular weight excluding hydrogens is 490 g/mol. The van der Waals surface area contributed by atoms with Gasteiger partial charge in [-0.25, -0.2) is 4.79 Å². The van der Waals surface area contributed by atoms with Crippen molar-refractivity contribution in [2.75, 3.05) is 18.8 Å². The van der Waals surface area contributed by atoms with Crippen molar-refractivity contribution in [2.45, 2.75) is 55.8 Å². The first-order valence-electron chi connectivity index (χ1n) is 11.5. The van der Waals surface area contributed by atoms with Crippen molar-refractivity contribution in [3.8, 4) is 0 Å². The molecular formula is C24H32N3O6S2+. The predicted octanol–water partition coefficient (Wildman–Crippen LogP) is 1.83. The maximum Gasteiger partial charge on any atom is 0.358 e. The molecule has 3 N–H and O–H groups in total. The van der Waals surface area contributed by atoms with Crippen LogP contribution in [-0.4, -0.2) is 64.2 Å². The molecule has 11 heteroatoms. The average Bonchev–Trinajstić information content (AvgIpc) is 2.83. The van der Waals surface area contributed by atoms with E-state index in [0.717, 1.165) is 18.4 Å². The molecule has 0 aromatic heterocycles. The van der Waals surface area contributed by atoms with Crippen molar-refractivity contribution >= 4 is 46.4 Å². The van der Waals surface area contributed by atoms with Crippen LogP contribution in [0, 0.1) is 0 Å². The normalized spacial score (nSPS) is 25.3. The monoisotopic (exact) mass is 522 g/mol. The zero-order valence-electron chi connectivity index (χ0n) is 20.0. The molecule has 9 nitrogen and oxygen atoms in total. The van der Waals surface area contributed by atoms with E-state index in [9.17, 15) is 19.2 Å². The summed E-state index contributed by atoms with van der Waals surface area (Å²) < 4.78 is 10.1. The van der Waals surface area contributed by atoms with Gasteiger partial charge in [-0.2, -0.15) is 0 Å². The molecule has 3 heterocycles. The molecule has 35 heavy (non-hydrogen) atoms. The van der Waals surface area contributed by atoms with E-state index in [2.05, 4.69) is 11.9 Å². The van der Waals surface area contributed by atoms with Crippen LogP contribution in [0.15, 0.2) is 47.1 Å². The maximum absolute atomic E-state index is 12.9. The van der Waals surface area contributed by atoms with Crippen LogP contribution in [0.2, 0.25) is 0 Å². The van der Waals surface area contributed by atoms with Crippen molar-refractivity contribution in [2.24, 2.45) is 5.73 Å². The van der Waals surface area contributed by atoms with Crippen LogP contribution in [0.4, 0.5) is 0 Å². The second-order valence-electron chi connectivity index (χ2n) is 8.35. The second-order valence-corrected chi connectivity index (χ2v) is 11.5. The summed E-state index contributed by atoms with van der Waals surface area (Å²) in [6.07, 6.45) is 10.3. The van der Waals surface area contributed by atoms with Crippen molar-refractivity contribution < 1.29 is 28.7 Å². The van der Waals surface area contributed by atoms with Gasteiger partial charge in [-0.15, -0.1) is 11.8 Å². The molecule has 0 spiro atoms. The maximum atomic E-state index is 12.9. The van der Waals surface area contributed by atoms with Gasteiger partial charge in [0, 0.05) is 23.1 Å². The summed E-state index contributed by atoms with van der Waals surface area (Å²) in [5.74, 6) is -1.48. The first-order valence-corrected chi connectivity index (χ1v) is 14.3. The van der Waals surface area contributed by atoms with Gasteiger partial charge in [-0.1, -0.05) is 32.4 Å². The van der Waals surface area contributed by atoms with Crippen molar-refractivity contribution in [3.63, 3.8) is 0 Å². The topological polar surface area (TPSA) is 128 Å². The number of carbonyl (C=O) groups is 4. The van der Waals surface area contributed by atoms with Gasteiger partial charge in [-0.3, -0.25) is 25.0 Å². The Balaban J connectivity index is 1.56. The SMILES string of the molecule is C=CC1=C(C(=O)OCOC(=O)CCCCC)N2C(=O)C(NC(=O)CC3=CC(N)[S+](C)C=C3)[C@H]2SC1. The van der Waals surface area contributed by atoms with Crippen LogP contribution in [-0.2, 0) is 39.5 Å². The van der Waals surface area contributed by atoms with Gasteiger partial charge in [0.1, 0.15) is 28.8 Å². The fourth-order valence-electron chi connectivity index (χ4n) is 3.78. The third-order valence-electron chi connectivity index (χ3n) is 5.82. The molecule has 0 radical (unpaired) electrons. The first kappa shape index (κ1) is 27.1. The van der Waals surface area contributed by atoms with Gasteiger partial charge < -0.3 is 14.8 Å². The zero-order valence-corrected chi connectivity index (χ0v) is 21.6. The number of rotatable bonds is 11. The minimum absolute atomic E-state index is 0.0632. The number of esters is 2. The summed E-state index contributed by atoms with van der Waals surface area (Å²) >= 11 is 1.43. The average molecular weight is 523 g/mol. The summed E-state index contributed by atoms with van der Waals surface area (Å²) in [5.41, 5.74) is 7.47. The minimum Gasteiger partial charge on any atom is -0.428 e. The Kier molecular flexibility index (Phi) is 9.64. The number of fused-ring (bicyclic) bond motifs is 1. The smallest absolute Gasteiger partial charge is 0.358 e. The minimum atomic E-state index is -0.772. The van der Waals surface area contributed by atoms with E-state index in [1.54, 1.807) is 0 Å². The zero-order chi connectivity index (χ0) is 25.5. The number of nitrogens with two attached hydrogens (primary N) is 1. The molecule has 0 saturated carbocycles. The lowest BCUT2D eigenvalue weighted by atomic mass is 10.0. The van der Waals surface area contributed by atoms with E-state index in [4.69, 9.17) is 15.2 Å². The number of nitrogens with one attached hydrogen (secondary N) is 1. The Hall–Kier alpha value is -2.50. The molecule has 0 aromatic rings. The van der Waals surface area contributed by atoms with Gasteiger partial charge in [0.05, 0.1) is 6.42 Å². The third kappa shape index (κ3) is 6.59. The molecule has 1 fully saturated rings. The van der Waals surface area contributed by atoms with Crippen molar-refractivity contribution in [1.29, 1.82) is 0 Å². The molecule has 0 bridgehead atoms. The lowest BCUT2D eigenvalue weighted by molar-refractivity contribution is -0.168. The molecule has 1 saturated heterocycles. The first-order chi connectivity index (χ1) is 16.8. The quantitative estimate of drug-likeness (QED) is 0.138. The van der Waals surface area contributed by atoms with E-state index in [0.29, 0.717) is 17.7 Å². The van der Waals surface area contributed by atoms with E-state index >= 15 is 0 Å². The predicted molar refractivity (Wildman–Crippen MR) is 137 cm³/mol. The van der Waals surface area contributed by atoms with Gasteiger partial charge in [0.2, 0.25) is 12.7 Å². The number of β-lactam (4-membered cyclic amide) rings is 1. The number of nitrogens with zero attached hydrogens (tertiary/aromatic N) is 1. The van der Waals surface area contributed by atoms with Crippen molar-refractivity contribution in [3.05, 3.63) is 47.1 Å². The number of allylic oxidation sites excluding steroid dienone is 2. The molecule has 190 valence electrons. The Labute approximate surface area is 212 Å². The Morgan fingerprint density at radius 1 is 1.34 bits per heavy atom. The third-order valence-corrected chi connectivity index (χ3v) is 8.68. The summed E-state index contributed by atoms with van der Waals surface area (Å²) in [4.78, 5) is 51.3. The van der Waals surface area contributed by atoms with Crippen LogP contribution >= 0.6 is 11.8 Å². The Morgan fingerprint density at radius 3 is 2.80 bits per heavy atom. The highest BCUT2D eigenvalue weighted by atomic mass is 32.2. The van der Waals surface area contributed by atoms with Gasteiger partial charge in [0.15, 0.2) is 5.37 Å². The lowest BCUT2D eigenvalue weighted by Crippen LogP contribution is -2.70. The number of thioether (sulfide) groups is 1. The van der Waals surface area contributed by atoms with E-state index in [-0.39, 0.29) is 40.7 Å². The number of hydrogen-bond donors (Lipinski definition) is 2. The summed E-state index contributed by atoms with van der Waals surface area (Å²) in [7, 11) is -0.0632. The molecule has 3 aliphatic rings. The van der Waals surface area contributed by atoms with Gasteiger partial charge in [0.25, 0.3) is 5.91 Å². The number of carbonyl (C=O) groups excluding carboxylic acids is 4. The van der Waals surface area contributed by atoms with Gasteiger partial charge in [-0.05, 0) is 29.7 Å². The number of amides is 2. The largest absolute Gasteiger partial charge is 0.428 e. The highest BCUT2D eigenvalue weighted by molar-refractivity contribution is 8.00. The molecule has 0 aromatic carbocycles. The number of ether oxygens (including phenoxy) is 2. The van der Waals surface area contributed by atoms with E-state index in [1.165, 1.54) is 22.7 Å². The molecule has 2 amide bonds. The number of hydrogen-bond acceptors (Lipinski definition) is 8. The summed E-state index contributed by atoms with van der Waals surface area (Å²) in [6.45, 7) is 5.23. The highest BCUT2D eigenvalue weighted by Gasteiger charge is 2.54. The fourth-order valence-corrected chi connectivity index (χ4v) is 6.08. The van der Waals surface area contributed by atoms with E-state index in [1.807, 2.05) is 30.7 Å². The highest BCUT2D eigenvalue weighted by Crippen LogP contribution is 2.41. The van der Waals surface area contributed by atoms with Crippen LogP contribution < -0.4 is 11.1 Å².